The van der Waals surface area contributed by atoms with Crippen LogP contribution in [-0.4, -0.2) is 11.9 Å². The predicted octanol–water partition coefficient (Wildman–Crippen LogP) is 6.28. The summed E-state index contributed by atoms with van der Waals surface area (Å²) >= 11 is 0. The monoisotopic (exact) mass is 410 g/mol. The van der Waals surface area contributed by atoms with E-state index in [0.29, 0.717) is 12.8 Å². The van der Waals surface area contributed by atoms with Gasteiger partial charge in [-0.25, -0.2) is 0 Å². The second-order valence-corrected chi connectivity index (χ2v) is 7.78. The molecule has 0 aliphatic carbocycles. The molecule has 2 unspecified atom stereocenters. The fourth-order valence-electron chi connectivity index (χ4n) is 4.30. The van der Waals surface area contributed by atoms with Crippen molar-refractivity contribution in [2.45, 2.75) is 77.4 Å². The van der Waals surface area contributed by atoms with Crippen LogP contribution in [0.2, 0.25) is 0 Å². The van der Waals surface area contributed by atoms with Crippen LogP contribution in [0, 0.1) is 0 Å². The first kappa shape index (κ1) is 23.7. The van der Waals surface area contributed by atoms with Crippen molar-refractivity contribution in [1.82, 2.24) is 0 Å². The highest BCUT2D eigenvalue weighted by molar-refractivity contribution is 5.69. The number of unbranched alkanes of at least 4 members (excludes halogenated alkanes) is 2. The summed E-state index contributed by atoms with van der Waals surface area (Å²) in [7, 11) is 0. The zero-order chi connectivity index (χ0) is 22.0. The van der Waals surface area contributed by atoms with Gasteiger partial charge in [-0.3, -0.25) is 9.59 Å². The second kappa shape index (κ2) is 11.0. The Morgan fingerprint density at radius 3 is 1.27 bits per heavy atom. The first-order valence-electron chi connectivity index (χ1n) is 10.9. The number of hydrogen-bond donors (Lipinski definition) is 0. The van der Waals surface area contributed by atoms with Crippen LogP contribution in [0.1, 0.15) is 77.3 Å². The van der Waals surface area contributed by atoms with E-state index in [2.05, 4.69) is 13.8 Å². The van der Waals surface area contributed by atoms with Crippen LogP contribution in [0.25, 0.3) is 0 Å². The molecule has 2 aromatic rings. The molecule has 0 amide bonds. The summed E-state index contributed by atoms with van der Waals surface area (Å²) in [5.74, 6) is -0.780. The normalized spacial score (nSPS) is 14.9. The molecule has 2 aromatic carbocycles. The SMILES string of the molecule is CCCCC(OC(C)=O)(c1ccccc1)C(CCCC)(OC(C)=O)c1ccccc1. The minimum atomic E-state index is -1.13. The Balaban J connectivity index is 2.90. The zero-order valence-electron chi connectivity index (χ0n) is 18.6. The Morgan fingerprint density at radius 1 is 0.667 bits per heavy atom. The van der Waals surface area contributed by atoms with Gasteiger partial charge in [0, 0.05) is 13.8 Å². The molecule has 0 heterocycles. The highest BCUT2D eigenvalue weighted by Crippen LogP contribution is 2.52. The van der Waals surface area contributed by atoms with Gasteiger partial charge in [-0.05, 0) is 36.8 Å². The lowest BCUT2D eigenvalue weighted by molar-refractivity contribution is -0.226. The molecule has 2 atom stereocenters. The van der Waals surface area contributed by atoms with E-state index in [1.807, 2.05) is 60.7 Å². The third kappa shape index (κ3) is 5.10. The largest absolute Gasteiger partial charge is 0.450 e. The van der Waals surface area contributed by atoms with Gasteiger partial charge < -0.3 is 9.47 Å². The van der Waals surface area contributed by atoms with Crippen molar-refractivity contribution in [2.75, 3.05) is 0 Å². The lowest BCUT2D eigenvalue weighted by atomic mass is 9.68. The summed E-state index contributed by atoms with van der Waals surface area (Å²) in [6.45, 7) is 7.05. The molecule has 4 nitrogen and oxygen atoms in total. The van der Waals surface area contributed by atoms with Crippen LogP contribution in [0.3, 0.4) is 0 Å². The number of hydrogen-bond acceptors (Lipinski definition) is 4. The molecule has 0 spiro atoms. The van der Waals surface area contributed by atoms with Gasteiger partial charge in [0.05, 0.1) is 0 Å². The highest BCUT2D eigenvalue weighted by atomic mass is 16.6. The molecule has 0 bridgehead atoms. The van der Waals surface area contributed by atoms with Gasteiger partial charge in [0.15, 0.2) is 11.2 Å². The third-order valence-electron chi connectivity index (χ3n) is 5.53. The number of rotatable bonds is 11. The topological polar surface area (TPSA) is 52.6 Å². The first-order chi connectivity index (χ1) is 14.4. The molecule has 0 aliphatic heterocycles. The number of esters is 2. The third-order valence-corrected chi connectivity index (χ3v) is 5.53. The molecule has 0 aromatic heterocycles. The van der Waals surface area contributed by atoms with E-state index in [-0.39, 0.29) is 11.9 Å². The van der Waals surface area contributed by atoms with Crippen molar-refractivity contribution in [1.29, 1.82) is 0 Å². The summed E-state index contributed by atoms with van der Waals surface area (Å²) in [6.07, 6.45) is 4.61. The smallest absolute Gasteiger partial charge is 0.303 e. The van der Waals surface area contributed by atoms with Crippen LogP contribution >= 0.6 is 0 Å². The molecular weight excluding hydrogens is 376 g/mol. The Bertz CT molecular complexity index is 733. The van der Waals surface area contributed by atoms with E-state index in [4.69, 9.17) is 9.47 Å². The van der Waals surface area contributed by atoms with Gasteiger partial charge in [-0.1, -0.05) is 87.4 Å². The minimum Gasteiger partial charge on any atom is -0.450 e. The van der Waals surface area contributed by atoms with Crippen molar-refractivity contribution >= 4 is 11.9 Å². The summed E-state index contributed by atoms with van der Waals surface area (Å²) in [5, 5.41) is 0. The molecule has 0 aliphatic rings. The maximum Gasteiger partial charge on any atom is 0.303 e. The van der Waals surface area contributed by atoms with Crippen LogP contribution in [-0.2, 0) is 30.3 Å². The number of ether oxygens (including phenoxy) is 2. The van der Waals surface area contributed by atoms with E-state index in [9.17, 15) is 9.59 Å². The molecule has 0 N–H and O–H groups in total. The van der Waals surface area contributed by atoms with Gasteiger partial charge in [-0.15, -0.1) is 0 Å². The standard InChI is InChI=1S/C26H34O4/c1-5-7-19-25(29-21(3)27,23-15-11-9-12-16-23)26(20-8-6-2,30-22(4)28)24-17-13-10-14-18-24/h9-18H,5-8,19-20H2,1-4H3. The molecule has 0 fully saturated rings. The van der Waals surface area contributed by atoms with Crippen molar-refractivity contribution < 1.29 is 19.1 Å². The summed E-state index contributed by atoms with van der Waals surface area (Å²) < 4.78 is 12.5. The molecular formula is C26H34O4. The molecule has 0 saturated carbocycles. The minimum absolute atomic E-state index is 0.390. The lowest BCUT2D eigenvalue weighted by Crippen LogP contribution is -2.54. The second-order valence-electron chi connectivity index (χ2n) is 7.78. The molecule has 0 radical (unpaired) electrons. The van der Waals surface area contributed by atoms with E-state index >= 15 is 0 Å². The molecule has 2 rings (SSSR count). The maximum absolute atomic E-state index is 12.5. The zero-order valence-corrected chi connectivity index (χ0v) is 18.6. The van der Waals surface area contributed by atoms with E-state index < -0.39 is 11.2 Å². The summed E-state index contributed by atoms with van der Waals surface area (Å²) in [5.41, 5.74) is -0.568. The average molecular weight is 411 g/mol. The Kier molecular flexibility index (Phi) is 8.64. The van der Waals surface area contributed by atoms with Gasteiger partial charge >= 0.3 is 11.9 Å². The first-order valence-corrected chi connectivity index (χ1v) is 10.9. The van der Waals surface area contributed by atoms with Crippen LogP contribution in [0.4, 0.5) is 0 Å². The van der Waals surface area contributed by atoms with Gasteiger partial charge in [0.1, 0.15) is 0 Å². The number of carbonyl (C=O) groups is 2. The van der Waals surface area contributed by atoms with E-state index in [1.54, 1.807) is 0 Å². The predicted molar refractivity (Wildman–Crippen MR) is 119 cm³/mol. The lowest BCUT2D eigenvalue weighted by Gasteiger charge is -2.49. The number of carbonyl (C=O) groups excluding carboxylic acids is 2. The summed E-state index contributed by atoms with van der Waals surface area (Å²) in [6, 6.07) is 19.5. The number of benzene rings is 2. The molecule has 162 valence electrons. The fraction of sp³-hybridized carbons (Fsp3) is 0.462. The Morgan fingerprint density at radius 2 is 1.00 bits per heavy atom. The van der Waals surface area contributed by atoms with Crippen molar-refractivity contribution in [3.05, 3.63) is 71.8 Å². The molecule has 0 saturated heterocycles. The molecule has 4 heteroatoms. The maximum atomic E-state index is 12.5. The van der Waals surface area contributed by atoms with E-state index in [0.717, 1.165) is 36.8 Å². The van der Waals surface area contributed by atoms with Gasteiger partial charge in [0.2, 0.25) is 0 Å². The quantitative estimate of drug-likeness (QED) is 0.409. The van der Waals surface area contributed by atoms with Crippen molar-refractivity contribution in [3.8, 4) is 0 Å². The average Bonchev–Trinajstić information content (AvgIpc) is 2.75. The Labute approximate surface area is 180 Å². The van der Waals surface area contributed by atoms with Gasteiger partial charge in [0.25, 0.3) is 0 Å². The molecule has 30 heavy (non-hydrogen) atoms. The highest BCUT2D eigenvalue weighted by Gasteiger charge is 2.58. The van der Waals surface area contributed by atoms with Gasteiger partial charge in [-0.2, -0.15) is 0 Å². The fourth-order valence-corrected chi connectivity index (χ4v) is 4.30. The van der Waals surface area contributed by atoms with Crippen molar-refractivity contribution in [2.24, 2.45) is 0 Å². The van der Waals surface area contributed by atoms with Crippen LogP contribution in [0.5, 0.6) is 0 Å². The van der Waals surface area contributed by atoms with E-state index in [1.165, 1.54) is 13.8 Å². The summed E-state index contributed by atoms with van der Waals surface area (Å²) in [4.78, 5) is 24.9. The Hall–Kier alpha value is -2.62. The van der Waals surface area contributed by atoms with Crippen LogP contribution < -0.4 is 0 Å². The van der Waals surface area contributed by atoms with Crippen LogP contribution in [0.15, 0.2) is 60.7 Å². The van der Waals surface area contributed by atoms with Crippen molar-refractivity contribution in [3.63, 3.8) is 0 Å².